The molecule has 7 heteroatoms. The van der Waals surface area contributed by atoms with Gasteiger partial charge >= 0.3 is 6.03 Å². The number of amides is 4. The van der Waals surface area contributed by atoms with E-state index < -0.39 is 6.03 Å². The van der Waals surface area contributed by atoms with Crippen molar-refractivity contribution in [2.45, 2.75) is 20.8 Å². The lowest BCUT2D eigenvalue weighted by Crippen LogP contribution is -2.35. The monoisotopic (exact) mass is 368 g/mol. The Hall–Kier alpha value is -3.35. The molecular weight excluding hydrogens is 344 g/mol. The number of nitrogens with zero attached hydrogens (tertiary/aromatic N) is 1. The summed E-state index contributed by atoms with van der Waals surface area (Å²) in [6, 6.07) is 9.65. The standard InChI is InChI=1S/C20H24N4O3/c1-12-8-13(2)18(14(3)9-12)23-17(25)11-24(4)19(26)15-6-5-7-16(10-15)22-20(21)27/h5-10H,11H2,1-4H3,(H,23,25)(H3,21,22,27). The van der Waals surface area contributed by atoms with Crippen LogP contribution in [0.25, 0.3) is 0 Å². The van der Waals surface area contributed by atoms with Crippen molar-refractivity contribution in [2.75, 3.05) is 24.2 Å². The van der Waals surface area contributed by atoms with E-state index in [1.807, 2.05) is 32.9 Å². The number of nitrogens with two attached hydrogens (primary N) is 1. The van der Waals surface area contributed by atoms with Gasteiger partial charge < -0.3 is 21.3 Å². The summed E-state index contributed by atoms with van der Waals surface area (Å²) in [5.74, 6) is -0.622. The van der Waals surface area contributed by atoms with Crippen molar-refractivity contribution in [1.82, 2.24) is 4.90 Å². The van der Waals surface area contributed by atoms with Gasteiger partial charge in [-0.2, -0.15) is 0 Å². The second kappa shape index (κ2) is 8.35. The molecule has 0 aromatic heterocycles. The smallest absolute Gasteiger partial charge is 0.316 e. The van der Waals surface area contributed by atoms with Crippen LogP contribution < -0.4 is 16.4 Å². The van der Waals surface area contributed by atoms with E-state index in [9.17, 15) is 14.4 Å². The lowest BCUT2D eigenvalue weighted by atomic mass is 10.1. The number of aryl methyl sites for hydroxylation is 3. The molecule has 4 N–H and O–H groups in total. The van der Waals surface area contributed by atoms with Crippen LogP contribution in [0.3, 0.4) is 0 Å². The first kappa shape index (κ1) is 20.0. The maximum Gasteiger partial charge on any atom is 0.316 e. The summed E-state index contributed by atoms with van der Waals surface area (Å²) in [5.41, 5.74) is 9.68. The van der Waals surface area contributed by atoms with Crippen LogP contribution in [-0.2, 0) is 4.79 Å². The molecule has 2 aromatic carbocycles. The minimum Gasteiger partial charge on any atom is -0.351 e. The van der Waals surface area contributed by atoms with Crippen LogP contribution in [0, 0.1) is 20.8 Å². The van der Waals surface area contributed by atoms with Crippen LogP contribution in [0.1, 0.15) is 27.0 Å². The highest BCUT2D eigenvalue weighted by Crippen LogP contribution is 2.22. The Bertz CT molecular complexity index is 870. The number of likely N-dealkylation sites (N-methyl/N-ethyl adjacent to an activating group) is 1. The van der Waals surface area contributed by atoms with E-state index in [4.69, 9.17) is 5.73 Å². The van der Waals surface area contributed by atoms with Crippen molar-refractivity contribution < 1.29 is 14.4 Å². The lowest BCUT2D eigenvalue weighted by molar-refractivity contribution is -0.116. The molecule has 0 unspecified atom stereocenters. The number of benzene rings is 2. The molecule has 2 aromatic rings. The quantitative estimate of drug-likeness (QED) is 0.756. The van der Waals surface area contributed by atoms with Crippen molar-refractivity contribution in [3.63, 3.8) is 0 Å². The number of urea groups is 1. The van der Waals surface area contributed by atoms with E-state index in [1.54, 1.807) is 25.2 Å². The molecule has 0 fully saturated rings. The fourth-order valence-corrected chi connectivity index (χ4v) is 2.94. The fourth-order valence-electron chi connectivity index (χ4n) is 2.94. The Balaban J connectivity index is 2.06. The van der Waals surface area contributed by atoms with Crippen molar-refractivity contribution in [1.29, 1.82) is 0 Å². The van der Waals surface area contributed by atoms with Gasteiger partial charge in [0, 0.05) is 24.0 Å². The topological polar surface area (TPSA) is 105 Å². The first-order chi connectivity index (χ1) is 12.7. The minimum absolute atomic E-state index is 0.0981. The van der Waals surface area contributed by atoms with Gasteiger partial charge in [0.15, 0.2) is 0 Å². The number of rotatable bonds is 5. The summed E-state index contributed by atoms with van der Waals surface area (Å²) >= 11 is 0. The molecule has 0 radical (unpaired) electrons. The van der Waals surface area contributed by atoms with Crippen molar-refractivity contribution >= 4 is 29.2 Å². The molecule has 0 saturated carbocycles. The molecule has 4 amide bonds. The molecule has 0 saturated heterocycles. The maximum atomic E-state index is 12.6. The highest BCUT2D eigenvalue weighted by atomic mass is 16.2. The molecule has 2 rings (SSSR count). The fraction of sp³-hybridized carbons (Fsp3) is 0.250. The van der Waals surface area contributed by atoms with E-state index in [1.165, 1.54) is 11.0 Å². The number of nitrogens with one attached hydrogen (secondary N) is 2. The summed E-state index contributed by atoms with van der Waals surface area (Å²) in [4.78, 5) is 37.2. The SMILES string of the molecule is Cc1cc(C)c(NC(=O)CN(C)C(=O)c2cccc(NC(N)=O)c2)c(C)c1. The number of carbonyl (C=O) groups is 3. The average Bonchev–Trinajstić information content (AvgIpc) is 2.57. The molecule has 0 atom stereocenters. The molecule has 0 heterocycles. The third-order valence-electron chi connectivity index (χ3n) is 4.05. The minimum atomic E-state index is -0.712. The van der Waals surface area contributed by atoms with E-state index in [2.05, 4.69) is 10.6 Å². The van der Waals surface area contributed by atoms with Crippen LogP contribution >= 0.6 is 0 Å². The van der Waals surface area contributed by atoms with Gasteiger partial charge in [-0.3, -0.25) is 9.59 Å². The van der Waals surface area contributed by atoms with Crippen LogP contribution in [0.5, 0.6) is 0 Å². The first-order valence-electron chi connectivity index (χ1n) is 8.47. The zero-order valence-electron chi connectivity index (χ0n) is 15.9. The summed E-state index contributed by atoms with van der Waals surface area (Å²) < 4.78 is 0. The van der Waals surface area contributed by atoms with Crippen LogP contribution in [0.15, 0.2) is 36.4 Å². The molecule has 0 aliphatic heterocycles. The Labute approximate surface area is 158 Å². The maximum absolute atomic E-state index is 12.6. The van der Waals surface area contributed by atoms with Gasteiger partial charge in [-0.1, -0.05) is 23.8 Å². The predicted molar refractivity (Wildman–Crippen MR) is 106 cm³/mol. The number of anilines is 2. The van der Waals surface area contributed by atoms with E-state index in [0.717, 1.165) is 22.4 Å². The second-order valence-electron chi connectivity index (χ2n) is 6.55. The normalized spacial score (nSPS) is 10.2. The van der Waals surface area contributed by atoms with Crippen LogP contribution in [0.4, 0.5) is 16.2 Å². The van der Waals surface area contributed by atoms with Gasteiger partial charge in [0.1, 0.15) is 0 Å². The lowest BCUT2D eigenvalue weighted by Gasteiger charge is -2.19. The van der Waals surface area contributed by atoms with Gasteiger partial charge in [-0.05, 0) is 50.1 Å². The molecule has 142 valence electrons. The number of hydrogen-bond acceptors (Lipinski definition) is 3. The Morgan fingerprint density at radius 3 is 2.22 bits per heavy atom. The molecule has 0 aliphatic carbocycles. The summed E-state index contributed by atoms with van der Waals surface area (Å²) in [5, 5.41) is 5.29. The zero-order chi connectivity index (χ0) is 20.1. The van der Waals surface area contributed by atoms with Gasteiger partial charge in [0.25, 0.3) is 5.91 Å². The third-order valence-corrected chi connectivity index (χ3v) is 4.05. The molecule has 0 bridgehead atoms. The Morgan fingerprint density at radius 1 is 1.00 bits per heavy atom. The Morgan fingerprint density at radius 2 is 1.63 bits per heavy atom. The predicted octanol–water partition coefficient (Wildman–Crippen LogP) is 2.81. The molecule has 7 nitrogen and oxygen atoms in total. The van der Waals surface area contributed by atoms with Gasteiger partial charge in [-0.15, -0.1) is 0 Å². The largest absolute Gasteiger partial charge is 0.351 e. The molecule has 0 spiro atoms. The van der Waals surface area contributed by atoms with Crippen LogP contribution in [-0.4, -0.2) is 36.3 Å². The van der Waals surface area contributed by atoms with Crippen molar-refractivity contribution in [2.24, 2.45) is 5.73 Å². The molecule has 0 aliphatic rings. The third kappa shape index (κ3) is 5.31. The van der Waals surface area contributed by atoms with E-state index in [0.29, 0.717) is 11.3 Å². The summed E-state index contributed by atoms with van der Waals surface area (Å²) in [6.45, 7) is 5.77. The van der Waals surface area contributed by atoms with Gasteiger partial charge in [0.2, 0.25) is 5.91 Å². The van der Waals surface area contributed by atoms with Crippen LogP contribution in [0.2, 0.25) is 0 Å². The van der Waals surface area contributed by atoms with Crippen molar-refractivity contribution in [3.8, 4) is 0 Å². The summed E-state index contributed by atoms with van der Waals surface area (Å²) in [6.07, 6.45) is 0. The summed E-state index contributed by atoms with van der Waals surface area (Å²) in [7, 11) is 1.55. The number of carbonyl (C=O) groups excluding carboxylic acids is 3. The molecular formula is C20H24N4O3. The second-order valence-corrected chi connectivity index (χ2v) is 6.55. The Kier molecular flexibility index (Phi) is 6.18. The van der Waals surface area contributed by atoms with E-state index >= 15 is 0 Å². The number of hydrogen-bond donors (Lipinski definition) is 3. The number of primary amides is 1. The van der Waals surface area contributed by atoms with Gasteiger partial charge in [-0.25, -0.2) is 4.79 Å². The van der Waals surface area contributed by atoms with E-state index in [-0.39, 0.29) is 18.4 Å². The highest BCUT2D eigenvalue weighted by Gasteiger charge is 2.17. The van der Waals surface area contributed by atoms with Crippen molar-refractivity contribution in [3.05, 3.63) is 58.7 Å². The average molecular weight is 368 g/mol. The first-order valence-corrected chi connectivity index (χ1v) is 8.47. The zero-order valence-corrected chi connectivity index (χ0v) is 15.9. The highest BCUT2D eigenvalue weighted by molar-refractivity contribution is 6.00. The van der Waals surface area contributed by atoms with Gasteiger partial charge in [0.05, 0.1) is 6.54 Å². The molecule has 27 heavy (non-hydrogen) atoms.